The summed E-state index contributed by atoms with van der Waals surface area (Å²) in [4.78, 5) is 10.5. The number of allylic oxidation sites excluding steroid dienone is 5. The molecule has 1 aliphatic carbocycles. The zero-order valence-corrected chi connectivity index (χ0v) is 7.90. The second-order valence-corrected chi connectivity index (χ2v) is 3.44. The van der Waals surface area contributed by atoms with Crippen molar-refractivity contribution in [3.63, 3.8) is 0 Å². The van der Waals surface area contributed by atoms with E-state index in [4.69, 9.17) is 0 Å². The Labute approximate surface area is 78.3 Å². The topological polar surface area (TPSA) is 37.3 Å². The molecule has 0 bridgehead atoms. The molecule has 0 aromatic rings. The van der Waals surface area contributed by atoms with Crippen LogP contribution in [0.25, 0.3) is 0 Å². The second kappa shape index (κ2) is 4.08. The summed E-state index contributed by atoms with van der Waals surface area (Å²) < 4.78 is 0. The van der Waals surface area contributed by atoms with Gasteiger partial charge in [-0.15, -0.1) is 0 Å². The van der Waals surface area contributed by atoms with Gasteiger partial charge in [-0.25, -0.2) is 0 Å². The molecule has 2 heteroatoms. The lowest BCUT2D eigenvalue weighted by Gasteiger charge is -2.06. The van der Waals surface area contributed by atoms with Gasteiger partial charge in [0.2, 0.25) is 0 Å². The number of rotatable bonds is 2. The lowest BCUT2D eigenvalue weighted by molar-refractivity contribution is -0.109. The number of carbonyl (C=O) groups excluding carboxylic acids is 1. The standard InChI is InChI=1S/C11H14O2/c1-8(2)9-4-3-5-10(7-12)11(13)6-9/h3-8,10,13H,1-2H3. The van der Waals surface area contributed by atoms with Crippen molar-refractivity contribution in [3.8, 4) is 0 Å². The lowest BCUT2D eigenvalue weighted by Crippen LogP contribution is -2.01. The van der Waals surface area contributed by atoms with Gasteiger partial charge in [-0.3, -0.25) is 0 Å². The van der Waals surface area contributed by atoms with E-state index in [1.807, 2.05) is 26.0 Å². The average molecular weight is 178 g/mol. The monoisotopic (exact) mass is 178 g/mol. The lowest BCUT2D eigenvalue weighted by atomic mass is 10.0. The van der Waals surface area contributed by atoms with E-state index >= 15 is 0 Å². The molecule has 1 rings (SSSR count). The van der Waals surface area contributed by atoms with Crippen LogP contribution in [-0.4, -0.2) is 11.4 Å². The summed E-state index contributed by atoms with van der Waals surface area (Å²) in [5, 5.41) is 9.51. The Morgan fingerprint density at radius 3 is 2.77 bits per heavy atom. The molecule has 2 nitrogen and oxygen atoms in total. The molecule has 0 saturated heterocycles. The maximum atomic E-state index is 10.5. The summed E-state index contributed by atoms with van der Waals surface area (Å²) in [7, 11) is 0. The minimum Gasteiger partial charge on any atom is -0.511 e. The van der Waals surface area contributed by atoms with Crippen LogP contribution >= 0.6 is 0 Å². The molecule has 1 unspecified atom stereocenters. The van der Waals surface area contributed by atoms with Gasteiger partial charge in [-0.1, -0.05) is 32.1 Å². The number of aliphatic hydroxyl groups is 1. The molecule has 0 spiro atoms. The molecule has 0 aromatic heterocycles. The molecular weight excluding hydrogens is 164 g/mol. The van der Waals surface area contributed by atoms with Crippen LogP contribution in [0.3, 0.4) is 0 Å². The highest BCUT2D eigenvalue weighted by Crippen LogP contribution is 2.19. The summed E-state index contributed by atoms with van der Waals surface area (Å²) in [6, 6.07) is 0. The van der Waals surface area contributed by atoms with Crippen molar-refractivity contribution in [2.24, 2.45) is 11.8 Å². The first-order valence-corrected chi connectivity index (χ1v) is 4.39. The number of aliphatic hydroxyl groups excluding tert-OH is 1. The fourth-order valence-electron chi connectivity index (χ4n) is 1.17. The largest absolute Gasteiger partial charge is 0.511 e. The van der Waals surface area contributed by atoms with Crippen molar-refractivity contribution < 1.29 is 9.90 Å². The Hall–Kier alpha value is -1.31. The Morgan fingerprint density at radius 2 is 2.23 bits per heavy atom. The van der Waals surface area contributed by atoms with Gasteiger partial charge in [-0.05, 0) is 17.6 Å². The molecule has 1 atom stereocenters. The summed E-state index contributed by atoms with van der Waals surface area (Å²) in [5.74, 6) is 0.00778. The maximum absolute atomic E-state index is 10.5. The summed E-state index contributed by atoms with van der Waals surface area (Å²) in [6.45, 7) is 4.09. The van der Waals surface area contributed by atoms with Crippen LogP contribution in [0, 0.1) is 11.8 Å². The smallest absolute Gasteiger partial charge is 0.134 e. The third-order valence-electron chi connectivity index (χ3n) is 2.08. The predicted molar refractivity (Wildman–Crippen MR) is 52.3 cm³/mol. The molecule has 0 aliphatic heterocycles. The fraction of sp³-hybridized carbons (Fsp3) is 0.364. The van der Waals surface area contributed by atoms with E-state index in [9.17, 15) is 9.90 Å². The van der Waals surface area contributed by atoms with Crippen LogP contribution in [0.1, 0.15) is 13.8 Å². The summed E-state index contributed by atoms with van der Waals surface area (Å²) in [6.07, 6.45) is 7.83. The van der Waals surface area contributed by atoms with Crippen molar-refractivity contribution in [2.45, 2.75) is 13.8 Å². The predicted octanol–water partition coefficient (Wildman–Crippen LogP) is 2.40. The van der Waals surface area contributed by atoms with E-state index in [-0.39, 0.29) is 5.76 Å². The number of carbonyl (C=O) groups is 1. The first-order valence-electron chi connectivity index (χ1n) is 4.39. The molecule has 0 saturated carbocycles. The average Bonchev–Trinajstić information content (AvgIpc) is 2.26. The van der Waals surface area contributed by atoms with E-state index in [2.05, 4.69) is 0 Å². The van der Waals surface area contributed by atoms with Crippen LogP contribution in [-0.2, 0) is 4.79 Å². The van der Waals surface area contributed by atoms with E-state index < -0.39 is 5.92 Å². The van der Waals surface area contributed by atoms with Crippen LogP contribution in [0.5, 0.6) is 0 Å². The third-order valence-corrected chi connectivity index (χ3v) is 2.08. The molecule has 0 heterocycles. The van der Waals surface area contributed by atoms with Gasteiger partial charge in [-0.2, -0.15) is 0 Å². The first kappa shape index (κ1) is 9.78. The summed E-state index contributed by atoms with van der Waals surface area (Å²) >= 11 is 0. The van der Waals surface area contributed by atoms with E-state index in [1.165, 1.54) is 0 Å². The van der Waals surface area contributed by atoms with Crippen LogP contribution in [0.4, 0.5) is 0 Å². The first-order chi connectivity index (χ1) is 6.15. The summed E-state index contributed by atoms with van der Waals surface area (Å²) in [5.41, 5.74) is 1.04. The van der Waals surface area contributed by atoms with Crippen LogP contribution in [0.15, 0.2) is 35.6 Å². The van der Waals surface area contributed by atoms with Crippen molar-refractivity contribution in [2.75, 3.05) is 0 Å². The van der Waals surface area contributed by atoms with Gasteiger partial charge in [0, 0.05) is 0 Å². The van der Waals surface area contributed by atoms with Crippen LogP contribution < -0.4 is 0 Å². The number of hydrogen-bond donors (Lipinski definition) is 1. The Balaban J connectivity index is 2.95. The minimum atomic E-state index is -0.479. The number of hydrogen-bond acceptors (Lipinski definition) is 2. The highest BCUT2D eigenvalue weighted by molar-refractivity contribution is 5.62. The minimum absolute atomic E-state index is 0.128. The highest BCUT2D eigenvalue weighted by Gasteiger charge is 2.12. The quantitative estimate of drug-likeness (QED) is 0.659. The van der Waals surface area contributed by atoms with Crippen molar-refractivity contribution in [1.82, 2.24) is 0 Å². The highest BCUT2D eigenvalue weighted by atomic mass is 16.3. The van der Waals surface area contributed by atoms with Crippen molar-refractivity contribution in [1.29, 1.82) is 0 Å². The molecule has 1 aliphatic rings. The van der Waals surface area contributed by atoms with Crippen LogP contribution in [0.2, 0.25) is 0 Å². The van der Waals surface area contributed by atoms with Gasteiger partial charge >= 0.3 is 0 Å². The van der Waals surface area contributed by atoms with Gasteiger partial charge in [0.1, 0.15) is 12.0 Å². The van der Waals surface area contributed by atoms with Gasteiger partial charge < -0.3 is 9.90 Å². The Kier molecular flexibility index (Phi) is 3.07. The molecule has 0 fully saturated rings. The Morgan fingerprint density at radius 1 is 1.54 bits per heavy atom. The van der Waals surface area contributed by atoms with Gasteiger partial charge in [0.15, 0.2) is 0 Å². The molecule has 13 heavy (non-hydrogen) atoms. The van der Waals surface area contributed by atoms with E-state index in [0.29, 0.717) is 5.92 Å². The molecule has 70 valence electrons. The molecule has 0 aromatic carbocycles. The third kappa shape index (κ3) is 2.31. The van der Waals surface area contributed by atoms with Crippen molar-refractivity contribution >= 4 is 6.29 Å². The van der Waals surface area contributed by atoms with Gasteiger partial charge in [0.25, 0.3) is 0 Å². The number of aldehydes is 1. The zero-order chi connectivity index (χ0) is 9.84. The fourth-order valence-corrected chi connectivity index (χ4v) is 1.17. The maximum Gasteiger partial charge on any atom is 0.134 e. The van der Waals surface area contributed by atoms with E-state index in [1.54, 1.807) is 12.2 Å². The van der Waals surface area contributed by atoms with Crippen molar-refractivity contribution in [3.05, 3.63) is 35.6 Å². The molecular formula is C11H14O2. The normalized spacial score (nSPS) is 22.2. The molecule has 1 N–H and O–H groups in total. The molecule has 0 radical (unpaired) electrons. The second-order valence-electron chi connectivity index (χ2n) is 3.44. The SMILES string of the molecule is CC(C)C1=CC=CC(C=O)C(O)=C1. The Bertz CT molecular complexity index is 282. The van der Waals surface area contributed by atoms with Gasteiger partial charge in [0.05, 0.1) is 5.92 Å². The molecule has 0 amide bonds. The zero-order valence-electron chi connectivity index (χ0n) is 7.90. The van der Waals surface area contributed by atoms with E-state index in [0.717, 1.165) is 11.9 Å².